The maximum absolute atomic E-state index is 12.0. The van der Waals surface area contributed by atoms with Crippen LogP contribution in [0.5, 0.6) is 5.75 Å². The van der Waals surface area contributed by atoms with Crippen LogP contribution < -0.4 is 10.1 Å². The Morgan fingerprint density at radius 2 is 2.00 bits per heavy atom. The summed E-state index contributed by atoms with van der Waals surface area (Å²) in [5.41, 5.74) is 2.21. The molecule has 0 spiro atoms. The van der Waals surface area contributed by atoms with Gasteiger partial charge in [0.05, 0.1) is 6.61 Å². The number of carbonyl (C=O) groups excluding carboxylic acids is 1. The van der Waals surface area contributed by atoms with Crippen molar-refractivity contribution in [2.75, 3.05) is 20.3 Å². The molecule has 0 saturated carbocycles. The normalized spacial score (nSPS) is 10.3. The van der Waals surface area contributed by atoms with Gasteiger partial charge in [-0.1, -0.05) is 18.2 Å². The summed E-state index contributed by atoms with van der Waals surface area (Å²) in [5, 5.41) is 2.86. The van der Waals surface area contributed by atoms with Gasteiger partial charge >= 0.3 is 0 Å². The molecule has 0 aliphatic heterocycles. The first-order valence-electron chi connectivity index (χ1n) is 7.11. The van der Waals surface area contributed by atoms with Crippen LogP contribution in [-0.2, 0) is 11.3 Å². The van der Waals surface area contributed by atoms with Crippen molar-refractivity contribution in [2.24, 2.45) is 0 Å². The highest BCUT2D eigenvalue weighted by Crippen LogP contribution is 2.13. The maximum Gasteiger partial charge on any atom is 0.270 e. The molecule has 116 valence electrons. The Hall–Kier alpha value is -2.40. The predicted molar refractivity (Wildman–Crippen MR) is 84.0 cm³/mol. The zero-order valence-corrected chi connectivity index (χ0v) is 12.8. The summed E-state index contributed by atoms with van der Waals surface area (Å²) >= 11 is 0. The average molecular weight is 300 g/mol. The van der Waals surface area contributed by atoms with Crippen molar-refractivity contribution in [2.45, 2.75) is 13.5 Å². The van der Waals surface area contributed by atoms with Gasteiger partial charge in [0.2, 0.25) is 0 Å². The minimum Gasteiger partial charge on any atom is -0.491 e. The van der Waals surface area contributed by atoms with Crippen molar-refractivity contribution in [3.05, 3.63) is 59.4 Å². The van der Waals surface area contributed by atoms with Gasteiger partial charge in [-0.25, -0.2) is 4.98 Å². The number of aromatic nitrogens is 1. The summed E-state index contributed by atoms with van der Waals surface area (Å²) in [6.45, 7) is 3.33. The number of hydrogen-bond acceptors (Lipinski definition) is 4. The lowest BCUT2D eigenvalue weighted by molar-refractivity contribution is 0.0945. The molecule has 22 heavy (non-hydrogen) atoms. The van der Waals surface area contributed by atoms with Gasteiger partial charge in [-0.3, -0.25) is 4.79 Å². The van der Waals surface area contributed by atoms with Crippen LogP contribution in [0, 0.1) is 6.92 Å². The molecule has 0 aliphatic carbocycles. The Labute approximate surface area is 130 Å². The summed E-state index contributed by atoms with van der Waals surface area (Å²) in [6, 6.07) is 13.0. The monoisotopic (exact) mass is 300 g/mol. The summed E-state index contributed by atoms with van der Waals surface area (Å²) < 4.78 is 10.5. The minimum absolute atomic E-state index is 0.186. The molecule has 0 radical (unpaired) electrons. The highest BCUT2D eigenvalue weighted by Gasteiger charge is 2.07. The maximum atomic E-state index is 12.0. The van der Waals surface area contributed by atoms with Crippen molar-refractivity contribution >= 4 is 5.91 Å². The van der Waals surface area contributed by atoms with Gasteiger partial charge in [-0.2, -0.15) is 0 Å². The number of amides is 1. The molecule has 5 heteroatoms. The first kappa shape index (κ1) is 16.0. The number of pyridine rings is 1. The van der Waals surface area contributed by atoms with E-state index in [2.05, 4.69) is 10.3 Å². The third kappa shape index (κ3) is 4.86. The highest BCUT2D eigenvalue weighted by atomic mass is 16.5. The Bertz CT molecular complexity index is 629. The summed E-state index contributed by atoms with van der Waals surface area (Å²) in [7, 11) is 1.63. The van der Waals surface area contributed by atoms with Crippen LogP contribution in [-0.4, -0.2) is 31.2 Å². The third-order valence-electron chi connectivity index (χ3n) is 3.03. The molecular weight excluding hydrogens is 280 g/mol. The van der Waals surface area contributed by atoms with E-state index in [1.807, 2.05) is 43.3 Å². The molecule has 0 fully saturated rings. The molecule has 1 aromatic carbocycles. The van der Waals surface area contributed by atoms with Gasteiger partial charge in [0.25, 0.3) is 5.91 Å². The molecular formula is C17H20N2O3. The SMILES string of the molecule is COCCOc1cccc(CNC(=O)c2cccc(C)n2)c1. The number of nitrogens with one attached hydrogen (secondary N) is 1. The third-order valence-corrected chi connectivity index (χ3v) is 3.03. The number of hydrogen-bond donors (Lipinski definition) is 1. The molecule has 0 bridgehead atoms. The summed E-state index contributed by atoms with van der Waals surface area (Å²) in [6.07, 6.45) is 0. The van der Waals surface area contributed by atoms with Crippen LogP contribution in [0.3, 0.4) is 0 Å². The molecule has 1 amide bonds. The van der Waals surface area contributed by atoms with Gasteiger partial charge in [0.15, 0.2) is 0 Å². The van der Waals surface area contributed by atoms with Gasteiger partial charge < -0.3 is 14.8 Å². The molecule has 2 rings (SSSR count). The van der Waals surface area contributed by atoms with Crippen LogP contribution in [0.2, 0.25) is 0 Å². The lowest BCUT2D eigenvalue weighted by Gasteiger charge is -2.09. The van der Waals surface area contributed by atoms with Gasteiger partial charge in [-0.05, 0) is 36.8 Å². The standard InChI is InChI=1S/C17H20N2O3/c1-13-5-3-8-16(19-13)17(20)18-12-14-6-4-7-15(11-14)22-10-9-21-2/h3-8,11H,9-10,12H2,1-2H3,(H,18,20). The van der Waals surface area contributed by atoms with Crippen LogP contribution in [0.1, 0.15) is 21.7 Å². The lowest BCUT2D eigenvalue weighted by atomic mass is 10.2. The van der Waals surface area contributed by atoms with E-state index in [1.165, 1.54) is 0 Å². The van der Waals surface area contributed by atoms with Crippen LogP contribution >= 0.6 is 0 Å². The van der Waals surface area contributed by atoms with Crippen LogP contribution in [0.15, 0.2) is 42.5 Å². The Balaban J connectivity index is 1.91. The lowest BCUT2D eigenvalue weighted by Crippen LogP contribution is -2.23. The second kappa shape index (κ2) is 8.14. The smallest absolute Gasteiger partial charge is 0.270 e. The average Bonchev–Trinajstić information content (AvgIpc) is 2.53. The quantitative estimate of drug-likeness (QED) is 0.797. The van der Waals surface area contributed by atoms with E-state index in [-0.39, 0.29) is 5.91 Å². The molecule has 1 aromatic heterocycles. The zero-order valence-electron chi connectivity index (χ0n) is 12.8. The second-order valence-corrected chi connectivity index (χ2v) is 4.84. The van der Waals surface area contributed by atoms with E-state index in [4.69, 9.17) is 9.47 Å². The number of ether oxygens (including phenoxy) is 2. The minimum atomic E-state index is -0.186. The largest absolute Gasteiger partial charge is 0.491 e. The highest BCUT2D eigenvalue weighted by molar-refractivity contribution is 5.92. The fourth-order valence-electron chi connectivity index (χ4n) is 1.93. The summed E-state index contributed by atoms with van der Waals surface area (Å²) in [4.78, 5) is 16.2. The fourth-order valence-corrected chi connectivity index (χ4v) is 1.93. The Kier molecular flexibility index (Phi) is 5.91. The summed E-state index contributed by atoms with van der Waals surface area (Å²) in [5.74, 6) is 0.576. The predicted octanol–water partition coefficient (Wildman–Crippen LogP) is 2.35. The zero-order chi connectivity index (χ0) is 15.8. The molecule has 2 aromatic rings. The van der Waals surface area contributed by atoms with Crippen molar-refractivity contribution in [1.82, 2.24) is 10.3 Å². The van der Waals surface area contributed by atoms with Crippen molar-refractivity contribution < 1.29 is 14.3 Å². The Morgan fingerprint density at radius 1 is 1.18 bits per heavy atom. The van der Waals surface area contributed by atoms with Crippen molar-refractivity contribution in [3.8, 4) is 5.75 Å². The van der Waals surface area contributed by atoms with E-state index in [9.17, 15) is 4.79 Å². The molecule has 0 aliphatic rings. The van der Waals surface area contributed by atoms with Crippen LogP contribution in [0.4, 0.5) is 0 Å². The molecule has 1 heterocycles. The van der Waals surface area contributed by atoms with Gasteiger partial charge in [-0.15, -0.1) is 0 Å². The van der Waals surface area contributed by atoms with E-state index in [0.29, 0.717) is 25.5 Å². The number of benzene rings is 1. The number of nitrogens with zero attached hydrogens (tertiary/aromatic N) is 1. The van der Waals surface area contributed by atoms with Crippen molar-refractivity contribution in [1.29, 1.82) is 0 Å². The fraction of sp³-hybridized carbons (Fsp3) is 0.294. The molecule has 0 unspecified atom stereocenters. The van der Waals surface area contributed by atoms with Gasteiger partial charge in [0.1, 0.15) is 18.1 Å². The molecule has 0 saturated heterocycles. The van der Waals surface area contributed by atoms with Gasteiger partial charge in [0, 0.05) is 19.3 Å². The molecule has 5 nitrogen and oxygen atoms in total. The van der Waals surface area contributed by atoms with Crippen LogP contribution in [0.25, 0.3) is 0 Å². The second-order valence-electron chi connectivity index (χ2n) is 4.84. The number of rotatable bonds is 7. The number of aryl methyl sites for hydroxylation is 1. The first-order chi connectivity index (χ1) is 10.7. The first-order valence-corrected chi connectivity index (χ1v) is 7.11. The van der Waals surface area contributed by atoms with E-state index in [0.717, 1.165) is 17.0 Å². The van der Waals surface area contributed by atoms with E-state index >= 15 is 0 Å². The number of methoxy groups -OCH3 is 1. The van der Waals surface area contributed by atoms with Crippen molar-refractivity contribution in [3.63, 3.8) is 0 Å². The van der Waals surface area contributed by atoms with E-state index in [1.54, 1.807) is 13.2 Å². The molecule has 1 N–H and O–H groups in total. The molecule has 0 atom stereocenters. The Morgan fingerprint density at radius 3 is 2.77 bits per heavy atom. The number of carbonyl (C=O) groups is 1. The van der Waals surface area contributed by atoms with E-state index < -0.39 is 0 Å². The topological polar surface area (TPSA) is 60.5 Å².